The van der Waals surface area contributed by atoms with Crippen molar-refractivity contribution in [1.82, 2.24) is 5.32 Å². The van der Waals surface area contributed by atoms with Crippen LogP contribution < -0.4 is 11.1 Å². The van der Waals surface area contributed by atoms with Crippen LogP contribution in [0.2, 0.25) is 0 Å². The van der Waals surface area contributed by atoms with Crippen LogP contribution in [-0.2, 0) is 9.53 Å². The van der Waals surface area contributed by atoms with Gasteiger partial charge in [-0.05, 0) is 31.1 Å². The smallest absolute Gasteiger partial charge is 0.237 e. The van der Waals surface area contributed by atoms with E-state index >= 15 is 0 Å². The molecule has 0 bridgehead atoms. The van der Waals surface area contributed by atoms with Gasteiger partial charge in [-0.25, -0.2) is 0 Å². The van der Waals surface area contributed by atoms with Gasteiger partial charge in [-0.1, -0.05) is 13.8 Å². The number of rotatable bonds is 8. The molecule has 1 fully saturated rings. The van der Waals surface area contributed by atoms with Gasteiger partial charge in [0.25, 0.3) is 0 Å². The summed E-state index contributed by atoms with van der Waals surface area (Å²) < 4.78 is 5.46. The van der Waals surface area contributed by atoms with Crippen molar-refractivity contribution < 1.29 is 9.53 Å². The first kappa shape index (κ1) is 13.5. The first-order valence-corrected chi connectivity index (χ1v) is 6.22. The molecule has 0 radical (unpaired) electrons. The lowest BCUT2D eigenvalue weighted by Gasteiger charge is -2.15. The molecule has 1 rings (SSSR count). The number of ether oxygens (including phenoxy) is 1. The predicted molar refractivity (Wildman–Crippen MR) is 64.0 cm³/mol. The second-order valence-electron chi connectivity index (χ2n) is 4.93. The van der Waals surface area contributed by atoms with Gasteiger partial charge < -0.3 is 15.8 Å². The third-order valence-electron chi connectivity index (χ3n) is 2.84. The minimum Gasteiger partial charge on any atom is -0.381 e. The van der Waals surface area contributed by atoms with Crippen molar-refractivity contribution in [1.29, 1.82) is 0 Å². The zero-order chi connectivity index (χ0) is 12.0. The maximum atomic E-state index is 11.5. The van der Waals surface area contributed by atoms with Crippen molar-refractivity contribution in [2.45, 2.75) is 39.2 Å². The number of amides is 1. The average Bonchev–Trinajstić information content (AvgIpc) is 3.05. The maximum Gasteiger partial charge on any atom is 0.237 e. The summed E-state index contributed by atoms with van der Waals surface area (Å²) in [5.41, 5.74) is 5.71. The van der Waals surface area contributed by atoms with E-state index in [9.17, 15) is 4.79 Å². The molecule has 0 aromatic rings. The van der Waals surface area contributed by atoms with Crippen LogP contribution in [-0.4, -0.2) is 31.7 Å². The first-order valence-electron chi connectivity index (χ1n) is 6.22. The molecule has 0 aliphatic heterocycles. The Kier molecular flexibility index (Phi) is 5.77. The highest BCUT2D eigenvalue weighted by atomic mass is 16.5. The Morgan fingerprint density at radius 1 is 1.50 bits per heavy atom. The van der Waals surface area contributed by atoms with Crippen LogP contribution in [0.3, 0.4) is 0 Å². The zero-order valence-electron chi connectivity index (χ0n) is 10.4. The minimum atomic E-state index is -0.396. The highest BCUT2D eigenvalue weighted by Gasteiger charge is 2.21. The summed E-state index contributed by atoms with van der Waals surface area (Å²) >= 11 is 0. The Hall–Kier alpha value is -0.610. The van der Waals surface area contributed by atoms with Crippen LogP contribution in [0.4, 0.5) is 0 Å². The van der Waals surface area contributed by atoms with Crippen LogP contribution in [0.25, 0.3) is 0 Å². The van der Waals surface area contributed by atoms with Crippen molar-refractivity contribution >= 4 is 5.91 Å². The van der Waals surface area contributed by atoms with E-state index in [2.05, 4.69) is 5.32 Å². The fraction of sp³-hybridized carbons (Fsp3) is 0.917. The zero-order valence-corrected chi connectivity index (χ0v) is 10.4. The number of carbonyl (C=O) groups is 1. The Bertz CT molecular complexity index is 215. The molecule has 0 heterocycles. The summed E-state index contributed by atoms with van der Waals surface area (Å²) in [5, 5.41) is 2.82. The van der Waals surface area contributed by atoms with Crippen LogP contribution >= 0.6 is 0 Å². The van der Waals surface area contributed by atoms with E-state index in [1.807, 2.05) is 13.8 Å². The van der Waals surface area contributed by atoms with E-state index in [1.165, 1.54) is 12.8 Å². The monoisotopic (exact) mass is 228 g/mol. The second-order valence-corrected chi connectivity index (χ2v) is 4.93. The van der Waals surface area contributed by atoms with Crippen LogP contribution in [0.1, 0.15) is 33.1 Å². The molecule has 0 aromatic heterocycles. The van der Waals surface area contributed by atoms with Gasteiger partial charge in [0, 0.05) is 19.8 Å². The second kappa shape index (κ2) is 6.86. The van der Waals surface area contributed by atoms with Gasteiger partial charge >= 0.3 is 0 Å². The average molecular weight is 228 g/mol. The molecule has 0 spiro atoms. The fourth-order valence-corrected chi connectivity index (χ4v) is 1.34. The summed E-state index contributed by atoms with van der Waals surface area (Å²) in [6.45, 7) is 6.17. The Morgan fingerprint density at radius 3 is 2.75 bits per heavy atom. The van der Waals surface area contributed by atoms with Gasteiger partial charge in [-0.15, -0.1) is 0 Å². The van der Waals surface area contributed by atoms with Gasteiger partial charge in [-0.3, -0.25) is 4.79 Å². The van der Waals surface area contributed by atoms with E-state index in [0.717, 1.165) is 25.6 Å². The topological polar surface area (TPSA) is 64.4 Å². The normalized spacial score (nSPS) is 17.5. The van der Waals surface area contributed by atoms with Crippen LogP contribution in [0.15, 0.2) is 0 Å². The lowest BCUT2D eigenvalue weighted by molar-refractivity contribution is -0.123. The number of nitrogens with two attached hydrogens (primary N) is 1. The highest BCUT2D eigenvalue weighted by Crippen LogP contribution is 2.28. The van der Waals surface area contributed by atoms with Gasteiger partial charge in [-0.2, -0.15) is 0 Å². The Morgan fingerprint density at radius 2 is 2.19 bits per heavy atom. The summed E-state index contributed by atoms with van der Waals surface area (Å²) in [7, 11) is 0. The standard InChI is InChI=1S/C12H24N2O2/c1-9(2)11(13)12(15)14-6-3-7-16-8-10-4-5-10/h9-11H,3-8,13H2,1-2H3,(H,14,15)/t11-/m0/s1. The molecule has 1 amide bonds. The molecule has 1 atom stereocenters. The van der Waals surface area contributed by atoms with E-state index in [4.69, 9.17) is 10.5 Å². The third-order valence-corrected chi connectivity index (χ3v) is 2.84. The number of nitrogens with one attached hydrogen (secondary N) is 1. The summed E-state index contributed by atoms with van der Waals surface area (Å²) in [5.74, 6) is 0.937. The molecule has 1 saturated carbocycles. The fourth-order valence-electron chi connectivity index (χ4n) is 1.34. The molecule has 3 N–H and O–H groups in total. The Balaban J connectivity index is 1.90. The van der Waals surface area contributed by atoms with Crippen molar-refractivity contribution in [3.63, 3.8) is 0 Å². The van der Waals surface area contributed by atoms with Crippen LogP contribution in [0.5, 0.6) is 0 Å². The van der Waals surface area contributed by atoms with Crippen molar-refractivity contribution in [2.75, 3.05) is 19.8 Å². The van der Waals surface area contributed by atoms with E-state index in [0.29, 0.717) is 6.54 Å². The van der Waals surface area contributed by atoms with Gasteiger partial charge in [0.15, 0.2) is 0 Å². The highest BCUT2D eigenvalue weighted by molar-refractivity contribution is 5.81. The third kappa shape index (κ3) is 5.47. The number of hydrogen-bond donors (Lipinski definition) is 2. The van der Waals surface area contributed by atoms with E-state index in [1.54, 1.807) is 0 Å². The molecule has 1 aliphatic rings. The molecule has 0 unspecified atom stereocenters. The van der Waals surface area contributed by atoms with Crippen LogP contribution in [0, 0.1) is 11.8 Å². The molecule has 94 valence electrons. The summed E-state index contributed by atoms with van der Waals surface area (Å²) in [6.07, 6.45) is 3.50. The SMILES string of the molecule is CC(C)[C@H](N)C(=O)NCCCOCC1CC1. The molecule has 4 nitrogen and oxygen atoms in total. The quantitative estimate of drug-likeness (QED) is 0.607. The summed E-state index contributed by atoms with van der Waals surface area (Å²) in [4.78, 5) is 11.5. The molecule has 16 heavy (non-hydrogen) atoms. The maximum absolute atomic E-state index is 11.5. The number of carbonyl (C=O) groups excluding carboxylic acids is 1. The van der Waals surface area contributed by atoms with E-state index in [-0.39, 0.29) is 11.8 Å². The summed E-state index contributed by atoms with van der Waals surface area (Å²) in [6, 6.07) is -0.396. The van der Waals surface area contributed by atoms with Gasteiger partial charge in [0.05, 0.1) is 6.04 Å². The molecular weight excluding hydrogens is 204 g/mol. The predicted octanol–water partition coefficient (Wildman–Crippen LogP) is 0.903. The molecule has 4 heteroatoms. The van der Waals surface area contributed by atoms with E-state index < -0.39 is 6.04 Å². The lowest BCUT2D eigenvalue weighted by Crippen LogP contribution is -2.44. The largest absolute Gasteiger partial charge is 0.381 e. The van der Waals surface area contributed by atoms with Crippen molar-refractivity contribution in [3.8, 4) is 0 Å². The minimum absolute atomic E-state index is 0.0582. The molecular formula is C12H24N2O2. The molecule has 0 aromatic carbocycles. The van der Waals surface area contributed by atoms with Crippen molar-refractivity contribution in [3.05, 3.63) is 0 Å². The molecule has 0 saturated heterocycles. The Labute approximate surface area is 97.9 Å². The van der Waals surface area contributed by atoms with Crippen molar-refractivity contribution in [2.24, 2.45) is 17.6 Å². The first-order chi connectivity index (χ1) is 7.61. The van der Waals surface area contributed by atoms with Gasteiger partial charge in [0.2, 0.25) is 5.91 Å². The number of hydrogen-bond acceptors (Lipinski definition) is 3. The molecule has 1 aliphatic carbocycles. The lowest BCUT2D eigenvalue weighted by atomic mass is 10.1. The van der Waals surface area contributed by atoms with Gasteiger partial charge in [0.1, 0.15) is 0 Å².